The summed E-state index contributed by atoms with van der Waals surface area (Å²) in [7, 11) is 3.46. The number of hydrogen-bond acceptors (Lipinski definition) is 4. The van der Waals surface area contributed by atoms with Crippen molar-refractivity contribution in [1.82, 2.24) is 4.90 Å². The Kier molecular flexibility index (Phi) is 4.76. The molecule has 2 aliphatic rings. The molecule has 0 aliphatic heterocycles. The summed E-state index contributed by atoms with van der Waals surface area (Å²) in [5, 5.41) is 0. The summed E-state index contributed by atoms with van der Waals surface area (Å²) < 4.78 is 11.0. The van der Waals surface area contributed by atoms with Gasteiger partial charge in [-0.15, -0.1) is 0 Å². The second kappa shape index (κ2) is 6.79. The first kappa shape index (κ1) is 16.1. The van der Waals surface area contributed by atoms with Gasteiger partial charge in [0.15, 0.2) is 11.5 Å². The number of fused-ring (bicyclic) bond motifs is 2. The third kappa shape index (κ3) is 3.15. The molecular weight excluding hydrogens is 292 g/mol. The van der Waals surface area contributed by atoms with Crippen LogP contribution in [0.25, 0.3) is 0 Å². The van der Waals surface area contributed by atoms with Crippen LogP contribution >= 0.6 is 0 Å². The van der Waals surface area contributed by atoms with Gasteiger partial charge in [0, 0.05) is 13.1 Å². The Morgan fingerprint density at radius 2 is 1.96 bits per heavy atom. The molecule has 5 heteroatoms. The number of nitrogens with zero attached hydrogens (tertiary/aromatic N) is 1. The normalized spacial score (nSPS) is 28.7. The van der Waals surface area contributed by atoms with E-state index in [2.05, 4.69) is 0 Å². The molecule has 0 saturated heterocycles. The van der Waals surface area contributed by atoms with Crippen molar-refractivity contribution >= 4 is 5.91 Å². The maximum absolute atomic E-state index is 12.7. The fourth-order valence-corrected chi connectivity index (χ4v) is 4.10. The Morgan fingerprint density at radius 1 is 1.26 bits per heavy atom. The number of carbonyl (C=O) groups excluding carboxylic acids is 1. The standard InChI is InChI=1S/C18H26N2O3/c1-20(9-10-23-15-6-4-3-5-14(15)22-2)18(21)16-12-7-8-13(11-12)17(16)19/h3-6,12-13,16-17H,7-11,19H2,1-2H3. The molecule has 2 fully saturated rings. The molecule has 0 radical (unpaired) electrons. The highest BCUT2D eigenvalue weighted by Crippen LogP contribution is 2.48. The van der Waals surface area contributed by atoms with Crippen molar-refractivity contribution in [3.63, 3.8) is 0 Å². The number of rotatable bonds is 6. The first-order valence-electron chi connectivity index (χ1n) is 8.38. The highest BCUT2D eigenvalue weighted by atomic mass is 16.5. The van der Waals surface area contributed by atoms with Crippen LogP contribution in [0.4, 0.5) is 0 Å². The predicted octanol–water partition coefficient (Wildman–Crippen LogP) is 1.91. The van der Waals surface area contributed by atoms with Gasteiger partial charge in [0.05, 0.1) is 19.6 Å². The average Bonchev–Trinajstić information content (AvgIpc) is 3.15. The van der Waals surface area contributed by atoms with Gasteiger partial charge < -0.3 is 20.1 Å². The van der Waals surface area contributed by atoms with Gasteiger partial charge in [-0.3, -0.25) is 4.79 Å². The molecular formula is C18H26N2O3. The van der Waals surface area contributed by atoms with E-state index < -0.39 is 0 Å². The van der Waals surface area contributed by atoms with Gasteiger partial charge in [-0.25, -0.2) is 0 Å². The average molecular weight is 318 g/mol. The SMILES string of the molecule is COc1ccccc1OCCN(C)C(=O)C1C2CCC(C2)C1N. The minimum Gasteiger partial charge on any atom is -0.493 e. The fourth-order valence-electron chi connectivity index (χ4n) is 4.10. The molecule has 4 unspecified atom stereocenters. The molecule has 23 heavy (non-hydrogen) atoms. The summed E-state index contributed by atoms with van der Waals surface area (Å²) in [4.78, 5) is 14.4. The van der Waals surface area contributed by atoms with E-state index in [1.165, 1.54) is 6.42 Å². The number of likely N-dealkylation sites (N-methyl/N-ethyl adjacent to an activating group) is 1. The maximum atomic E-state index is 12.7. The van der Waals surface area contributed by atoms with Crippen molar-refractivity contribution in [3.8, 4) is 11.5 Å². The maximum Gasteiger partial charge on any atom is 0.227 e. The second-order valence-electron chi connectivity index (χ2n) is 6.70. The molecule has 2 N–H and O–H groups in total. The lowest BCUT2D eigenvalue weighted by Gasteiger charge is -2.30. The molecule has 2 aliphatic carbocycles. The third-order valence-corrected chi connectivity index (χ3v) is 5.40. The smallest absolute Gasteiger partial charge is 0.227 e. The lowest BCUT2D eigenvalue weighted by molar-refractivity contribution is -0.136. The molecule has 1 aromatic rings. The zero-order valence-electron chi connectivity index (χ0n) is 13.9. The molecule has 0 spiro atoms. The summed E-state index contributed by atoms with van der Waals surface area (Å²) in [6, 6.07) is 7.57. The molecule has 4 atom stereocenters. The van der Waals surface area contributed by atoms with E-state index in [1.54, 1.807) is 12.0 Å². The third-order valence-electron chi connectivity index (χ3n) is 5.40. The Bertz CT molecular complexity index is 561. The minimum atomic E-state index is 0.00464. The van der Waals surface area contributed by atoms with E-state index in [0.717, 1.165) is 12.8 Å². The summed E-state index contributed by atoms with van der Waals surface area (Å²) >= 11 is 0. The molecule has 5 nitrogen and oxygen atoms in total. The van der Waals surface area contributed by atoms with Gasteiger partial charge in [0.25, 0.3) is 0 Å². The van der Waals surface area contributed by atoms with E-state index in [0.29, 0.717) is 36.5 Å². The number of para-hydroxylation sites is 2. The molecule has 3 rings (SSSR count). The zero-order chi connectivity index (χ0) is 16.4. The van der Waals surface area contributed by atoms with Crippen LogP contribution in [-0.2, 0) is 4.79 Å². The van der Waals surface area contributed by atoms with E-state index >= 15 is 0 Å². The molecule has 2 saturated carbocycles. The van der Waals surface area contributed by atoms with Crippen molar-refractivity contribution in [2.24, 2.45) is 23.5 Å². The largest absolute Gasteiger partial charge is 0.493 e. The summed E-state index contributed by atoms with van der Waals surface area (Å²) in [5.74, 6) is 2.62. The first-order valence-corrected chi connectivity index (χ1v) is 8.38. The monoisotopic (exact) mass is 318 g/mol. The van der Waals surface area contributed by atoms with Crippen LogP contribution in [0.2, 0.25) is 0 Å². The van der Waals surface area contributed by atoms with Crippen molar-refractivity contribution in [1.29, 1.82) is 0 Å². The lowest BCUT2D eigenvalue weighted by Crippen LogP contribution is -2.46. The molecule has 126 valence electrons. The number of amides is 1. The number of carbonyl (C=O) groups is 1. The minimum absolute atomic E-state index is 0.00464. The highest BCUT2D eigenvalue weighted by molar-refractivity contribution is 5.80. The van der Waals surface area contributed by atoms with Gasteiger partial charge >= 0.3 is 0 Å². The Morgan fingerprint density at radius 3 is 2.61 bits per heavy atom. The number of ether oxygens (including phenoxy) is 2. The summed E-state index contributed by atoms with van der Waals surface area (Å²) in [6.07, 6.45) is 3.47. The Balaban J connectivity index is 1.51. The van der Waals surface area contributed by atoms with Crippen LogP contribution < -0.4 is 15.2 Å². The predicted molar refractivity (Wildman–Crippen MR) is 88.4 cm³/mol. The summed E-state index contributed by atoms with van der Waals surface area (Å²) in [5.41, 5.74) is 6.27. The van der Waals surface area contributed by atoms with Crippen molar-refractivity contribution in [3.05, 3.63) is 24.3 Å². The van der Waals surface area contributed by atoms with Gasteiger partial charge in [-0.05, 0) is 43.2 Å². The molecule has 0 heterocycles. The van der Waals surface area contributed by atoms with Crippen LogP contribution in [0.1, 0.15) is 19.3 Å². The lowest BCUT2D eigenvalue weighted by atomic mass is 9.84. The molecule has 0 aromatic heterocycles. The Hall–Kier alpha value is -1.75. The number of methoxy groups -OCH3 is 1. The van der Waals surface area contributed by atoms with Crippen molar-refractivity contribution in [2.45, 2.75) is 25.3 Å². The van der Waals surface area contributed by atoms with Gasteiger partial charge in [0.2, 0.25) is 5.91 Å². The van der Waals surface area contributed by atoms with Crippen LogP contribution in [-0.4, -0.2) is 44.2 Å². The summed E-state index contributed by atoms with van der Waals surface area (Å²) in [6.45, 7) is 0.996. The van der Waals surface area contributed by atoms with E-state index in [4.69, 9.17) is 15.2 Å². The van der Waals surface area contributed by atoms with Gasteiger partial charge in [-0.2, -0.15) is 0 Å². The van der Waals surface area contributed by atoms with Crippen LogP contribution in [0, 0.1) is 17.8 Å². The number of nitrogens with two attached hydrogens (primary N) is 1. The first-order chi connectivity index (χ1) is 11.1. The second-order valence-corrected chi connectivity index (χ2v) is 6.70. The van der Waals surface area contributed by atoms with Crippen LogP contribution in [0.15, 0.2) is 24.3 Å². The van der Waals surface area contributed by atoms with Gasteiger partial charge in [0.1, 0.15) is 6.61 Å². The molecule has 1 amide bonds. The van der Waals surface area contributed by atoms with E-state index in [9.17, 15) is 4.79 Å². The zero-order valence-corrected chi connectivity index (χ0v) is 13.9. The molecule has 2 bridgehead atoms. The molecule has 1 aromatic carbocycles. The van der Waals surface area contributed by atoms with E-state index in [-0.39, 0.29) is 17.9 Å². The quantitative estimate of drug-likeness (QED) is 0.870. The Labute approximate surface area is 137 Å². The van der Waals surface area contributed by atoms with Crippen molar-refractivity contribution in [2.75, 3.05) is 27.3 Å². The van der Waals surface area contributed by atoms with Crippen LogP contribution in [0.3, 0.4) is 0 Å². The highest BCUT2D eigenvalue weighted by Gasteiger charge is 2.49. The number of hydrogen-bond donors (Lipinski definition) is 1. The van der Waals surface area contributed by atoms with Gasteiger partial charge in [-0.1, -0.05) is 12.1 Å². The van der Waals surface area contributed by atoms with Crippen LogP contribution in [0.5, 0.6) is 11.5 Å². The topological polar surface area (TPSA) is 64.8 Å². The van der Waals surface area contributed by atoms with E-state index in [1.807, 2.05) is 31.3 Å². The fraction of sp³-hybridized carbons (Fsp3) is 0.611. The number of benzene rings is 1. The van der Waals surface area contributed by atoms with Crippen molar-refractivity contribution < 1.29 is 14.3 Å².